The van der Waals surface area contributed by atoms with Crippen LogP contribution in [0.25, 0.3) is 10.2 Å². The SMILES string of the molecule is Cc1ccc(Cl)c2sc(N(CCN3CCOCC3)C(=O)c3ccc(OC(C)C)cc3)nc12.Cl. The number of carbonyl (C=O) groups excluding carboxylic acids is 1. The van der Waals surface area contributed by atoms with E-state index in [9.17, 15) is 4.79 Å². The van der Waals surface area contributed by atoms with E-state index >= 15 is 0 Å². The van der Waals surface area contributed by atoms with Gasteiger partial charge in [-0.1, -0.05) is 29.0 Å². The summed E-state index contributed by atoms with van der Waals surface area (Å²) in [6.45, 7) is 10.4. The number of hydrogen-bond donors (Lipinski definition) is 0. The summed E-state index contributed by atoms with van der Waals surface area (Å²) in [6.07, 6.45) is 0.0808. The number of aromatic nitrogens is 1. The van der Waals surface area contributed by atoms with Gasteiger partial charge >= 0.3 is 0 Å². The Hall–Kier alpha value is -1.90. The van der Waals surface area contributed by atoms with Crippen molar-refractivity contribution >= 4 is 56.6 Å². The van der Waals surface area contributed by atoms with Crippen molar-refractivity contribution < 1.29 is 14.3 Å². The number of rotatable bonds is 7. The summed E-state index contributed by atoms with van der Waals surface area (Å²) in [5.74, 6) is 0.668. The first-order valence-corrected chi connectivity index (χ1v) is 12.1. The van der Waals surface area contributed by atoms with Gasteiger partial charge in [0, 0.05) is 31.7 Å². The Kier molecular flexibility index (Phi) is 8.95. The molecule has 6 nitrogen and oxygen atoms in total. The van der Waals surface area contributed by atoms with Crippen LogP contribution in [0.15, 0.2) is 36.4 Å². The number of nitrogens with zero attached hydrogens (tertiary/aromatic N) is 3. The third-order valence-corrected chi connectivity index (χ3v) is 6.92. The van der Waals surface area contributed by atoms with Crippen LogP contribution in [-0.2, 0) is 4.74 Å². The van der Waals surface area contributed by atoms with Crippen molar-refractivity contribution in [3.05, 3.63) is 52.5 Å². The van der Waals surface area contributed by atoms with Gasteiger partial charge < -0.3 is 9.47 Å². The van der Waals surface area contributed by atoms with Crippen LogP contribution in [0.5, 0.6) is 5.75 Å². The van der Waals surface area contributed by atoms with Gasteiger partial charge in [-0.3, -0.25) is 14.6 Å². The first-order valence-electron chi connectivity index (χ1n) is 10.9. The van der Waals surface area contributed by atoms with E-state index in [0.29, 0.717) is 22.3 Å². The van der Waals surface area contributed by atoms with Gasteiger partial charge in [-0.05, 0) is 56.7 Å². The van der Waals surface area contributed by atoms with Gasteiger partial charge in [0.05, 0.1) is 34.6 Å². The van der Waals surface area contributed by atoms with Crippen LogP contribution in [0.2, 0.25) is 5.02 Å². The summed E-state index contributed by atoms with van der Waals surface area (Å²) in [4.78, 5) is 22.5. The highest BCUT2D eigenvalue weighted by Crippen LogP contribution is 2.36. The molecular weight excluding hydrogens is 481 g/mol. The predicted octanol–water partition coefficient (Wildman–Crippen LogP) is 5.45. The van der Waals surface area contributed by atoms with Crippen molar-refractivity contribution in [3.63, 3.8) is 0 Å². The topological polar surface area (TPSA) is 54.9 Å². The Morgan fingerprint density at radius 1 is 1.21 bits per heavy atom. The van der Waals surface area contributed by atoms with Gasteiger partial charge in [0.25, 0.3) is 5.91 Å². The van der Waals surface area contributed by atoms with Crippen LogP contribution >= 0.6 is 35.3 Å². The number of amides is 1. The van der Waals surface area contributed by atoms with E-state index in [4.69, 9.17) is 26.1 Å². The Bertz CT molecular complexity index is 1040. The molecule has 0 unspecified atom stereocenters. The maximum Gasteiger partial charge on any atom is 0.260 e. The molecule has 0 atom stereocenters. The molecule has 1 fully saturated rings. The van der Waals surface area contributed by atoms with E-state index in [-0.39, 0.29) is 24.4 Å². The molecule has 2 aromatic carbocycles. The smallest absolute Gasteiger partial charge is 0.260 e. The van der Waals surface area contributed by atoms with Crippen molar-refractivity contribution in [2.45, 2.75) is 26.9 Å². The molecule has 2 heterocycles. The van der Waals surface area contributed by atoms with E-state index in [1.165, 1.54) is 11.3 Å². The Labute approximate surface area is 209 Å². The fourth-order valence-electron chi connectivity index (χ4n) is 3.66. The van der Waals surface area contributed by atoms with Crippen molar-refractivity contribution in [3.8, 4) is 5.75 Å². The lowest BCUT2D eigenvalue weighted by molar-refractivity contribution is 0.0391. The van der Waals surface area contributed by atoms with Crippen molar-refractivity contribution in [1.29, 1.82) is 0 Å². The normalized spacial score (nSPS) is 14.3. The monoisotopic (exact) mass is 509 g/mol. The lowest BCUT2D eigenvalue weighted by atomic mass is 10.2. The summed E-state index contributed by atoms with van der Waals surface area (Å²) in [7, 11) is 0. The quantitative estimate of drug-likeness (QED) is 0.424. The van der Waals surface area contributed by atoms with E-state index in [2.05, 4.69) is 4.90 Å². The second kappa shape index (κ2) is 11.5. The molecule has 0 N–H and O–H groups in total. The van der Waals surface area contributed by atoms with E-state index in [1.807, 2.05) is 57.2 Å². The van der Waals surface area contributed by atoms with Gasteiger partial charge in [0.1, 0.15) is 5.75 Å². The number of hydrogen-bond acceptors (Lipinski definition) is 6. The van der Waals surface area contributed by atoms with Crippen LogP contribution in [0.1, 0.15) is 29.8 Å². The molecular formula is C24H29Cl2N3O3S. The van der Waals surface area contributed by atoms with E-state index in [1.54, 1.807) is 4.90 Å². The second-order valence-corrected chi connectivity index (χ2v) is 9.52. The Morgan fingerprint density at radius 2 is 1.91 bits per heavy atom. The highest BCUT2D eigenvalue weighted by molar-refractivity contribution is 7.23. The molecule has 0 aliphatic carbocycles. The first kappa shape index (κ1) is 25.7. The molecule has 9 heteroatoms. The zero-order valence-corrected chi connectivity index (χ0v) is 21.4. The lowest BCUT2D eigenvalue weighted by Crippen LogP contribution is -2.43. The maximum absolute atomic E-state index is 13.6. The largest absolute Gasteiger partial charge is 0.491 e. The minimum absolute atomic E-state index is 0. The number of thiazole rings is 1. The lowest BCUT2D eigenvalue weighted by Gasteiger charge is -2.29. The van der Waals surface area contributed by atoms with Crippen LogP contribution in [-0.4, -0.2) is 61.3 Å². The number of ether oxygens (including phenoxy) is 2. The molecule has 1 saturated heterocycles. The Morgan fingerprint density at radius 3 is 2.55 bits per heavy atom. The average molecular weight is 510 g/mol. The molecule has 33 heavy (non-hydrogen) atoms. The van der Waals surface area contributed by atoms with Gasteiger partial charge in [-0.2, -0.15) is 0 Å². The van der Waals surface area contributed by atoms with E-state index in [0.717, 1.165) is 54.4 Å². The molecule has 178 valence electrons. The number of carbonyl (C=O) groups is 1. The van der Waals surface area contributed by atoms with Crippen LogP contribution in [0, 0.1) is 6.92 Å². The minimum atomic E-state index is -0.0813. The molecule has 3 aromatic rings. The van der Waals surface area contributed by atoms with Crippen molar-refractivity contribution in [2.24, 2.45) is 0 Å². The van der Waals surface area contributed by atoms with Gasteiger partial charge in [0.2, 0.25) is 0 Å². The standard InChI is InChI=1S/C24H28ClN3O3S.ClH/c1-16(2)31-19-7-5-18(6-8-19)23(29)28(11-10-27-12-14-30-15-13-27)24-26-21-17(3)4-9-20(25)22(21)32-24;/h4-9,16H,10-15H2,1-3H3;1H. The zero-order valence-electron chi connectivity index (χ0n) is 19.0. The summed E-state index contributed by atoms with van der Waals surface area (Å²) >= 11 is 7.89. The van der Waals surface area contributed by atoms with Gasteiger partial charge in [-0.15, -0.1) is 12.4 Å². The fraction of sp³-hybridized carbons (Fsp3) is 0.417. The average Bonchev–Trinajstić information content (AvgIpc) is 3.24. The molecule has 0 bridgehead atoms. The minimum Gasteiger partial charge on any atom is -0.491 e. The second-order valence-electron chi connectivity index (χ2n) is 8.14. The highest BCUT2D eigenvalue weighted by atomic mass is 35.5. The highest BCUT2D eigenvalue weighted by Gasteiger charge is 2.24. The summed E-state index contributed by atoms with van der Waals surface area (Å²) < 4.78 is 12.1. The summed E-state index contributed by atoms with van der Waals surface area (Å²) in [5, 5.41) is 1.32. The molecule has 1 aromatic heterocycles. The number of halogens is 2. The molecule has 1 amide bonds. The van der Waals surface area contributed by atoms with Crippen LogP contribution in [0.4, 0.5) is 5.13 Å². The number of benzene rings is 2. The summed E-state index contributed by atoms with van der Waals surface area (Å²) in [5.41, 5.74) is 2.50. The van der Waals surface area contributed by atoms with Crippen molar-refractivity contribution in [2.75, 3.05) is 44.3 Å². The van der Waals surface area contributed by atoms with E-state index < -0.39 is 0 Å². The van der Waals surface area contributed by atoms with Crippen molar-refractivity contribution in [1.82, 2.24) is 9.88 Å². The predicted molar refractivity (Wildman–Crippen MR) is 138 cm³/mol. The molecule has 1 aliphatic rings. The molecule has 0 radical (unpaired) electrons. The third kappa shape index (κ3) is 6.16. The number of anilines is 1. The van der Waals surface area contributed by atoms with Crippen LogP contribution in [0.3, 0.4) is 0 Å². The fourth-order valence-corrected chi connectivity index (χ4v) is 5.00. The third-order valence-electron chi connectivity index (χ3n) is 5.38. The number of aryl methyl sites for hydroxylation is 1. The molecule has 0 spiro atoms. The zero-order chi connectivity index (χ0) is 22.7. The summed E-state index contributed by atoms with van der Waals surface area (Å²) in [6, 6.07) is 11.1. The maximum atomic E-state index is 13.6. The van der Waals surface area contributed by atoms with Crippen LogP contribution < -0.4 is 9.64 Å². The molecule has 1 aliphatic heterocycles. The molecule has 4 rings (SSSR count). The van der Waals surface area contributed by atoms with Gasteiger partial charge in [0.15, 0.2) is 5.13 Å². The molecule has 0 saturated carbocycles. The first-order chi connectivity index (χ1) is 15.4. The van der Waals surface area contributed by atoms with Gasteiger partial charge in [-0.25, -0.2) is 4.98 Å². The Balaban J connectivity index is 0.00000306. The number of morpholine rings is 1. The number of fused-ring (bicyclic) bond motifs is 1.